The van der Waals surface area contributed by atoms with Crippen molar-refractivity contribution in [1.82, 2.24) is 4.31 Å². The number of nitrogens with zero attached hydrogens (tertiary/aromatic N) is 2. The third-order valence-electron chi connectivity index (χ3n) is 9.54. The van der Waals surface area contributed by atoms with Gasteiger partial charge < -0.3 is 5.11 Å². The summed E-state index contributed by atoms with van der Waals surface area (Å²) in [5, 5.41) is 20.9. The summed E-state index contributed by atoms with van der Waals surface area (Å²) >= 11 is 0. The summed E-state index contributed by atoms with van der Waals surface area (Å²) in [6, 6.07) is 10.5. The van der Waals surface area contributed by atoms with E-state index in [1.165, 1.54) is 11.1 Å². The average Bonchev–Trinajstić information content (AvgIpc) is 3.24. The standard InChI is InChI=1S/C25H32N2O3S/c1-22(2)20-8-10-24(22,25(28,17-20)11-14-26)18-31(29,30)27-15-12-23(13-16-27)9-7-19-5-3-4-6-21(19)23/h3-7,9,20,28H,8,10-13,15-18H2,1-2H3/t20?,24-,25+/m0/s1. The van der Waals surface area contributed by atoms with E-state index < -0.39 is 21.0 Å². The first kappa shape index (κ1) is 21.2. The molecule has 3 fully saturated rings. The molecule has 0 aromatic heterocycles. The minimum Gasteiger partial charge on any atom is -0.388 e. The Balaban J connectivity index is 1.39. The predicted octanol–water partition coefficient (Wildman–Crippen LogP) is 3.85. The summed E-state index contributed by atoms with van der Waals surface area (Å²) in [6.07, 6.45) is 8.13. The van der Waals surface area contributed by atoms with Crippen molar-refractivity contribution in [2.75, 3.05) is 18.8 Å². The highest BCUT2D eigenvalue weighted by molar-refractivity contribution is 7.89. The van der Waals surface area contributed by atoms with E-state index in [1.807, 2.05) is 6.07 Å². The number of sulfonamides is 1. The third-order valence-corrected chi connectivity index (χ3v) is 11.5. The van der Waals surface area contributed by atoms with E-state index >= 15 is 0 Å². The van der Waals surface area contributed by atoms with Gasteiger partial charge in [0.05, 0.1) is 23.8 Å². The van der Waals surface area contributed by atoms with E-state index in [1.54, 1.807) is 4.31 Å². The lowest BCUT2D eigenvalue weighted by Crippen LogP contribution is -2.56. The molecule has 1 aliphatic heterocycles. The molecule has 1 unspecified atom stereocenters. The molecule has 2 saturated carbocycles. The molecule has 1 spiro atoms. The van der Waals surface area contributed by atoms with E-state index in [2.05, 4.69) is 50.3 Å². The second-order valence-electron chi connectivity index (χ2n) is 10.8. The Morgan fingerprint density at radius 1 is 1.19 bits per heavy atom. The molecule has 166 valence electrons. The van der Waals surface area contributed by atoms with Gasteiger partial charge in [-0.05, 0) is 54.6 Å². The number of nitriles is 1. The normalized spacial score (nSPS) is 35.4. The summed E-state index contributed by atoms with van der Waals surface area (Å²) in [7, 11) is -3.55. The quantitative estimate of drug-likeness (QED) is 0.771. The van der Waals surface area contributed by atoms with Gasteiger partial charge in [-0.2, -0.15) is 5.26 Å². The SMILES string of the molecule is CC1(C)C2CC[C@@]1(CS(=O)(=O)N1CCC3(C=Cc4ccccc43)CC1)[C@@](O)(CC#N)C2. The van der Waals surface area contributed by atoms with E-state index in [-0.39, 0.29) is 28.9 Å². The van der Waals surface area contributed by atoms with Crippen molar-refractivity contribution in [2.45, 2.75) is 63.4 Å². The number of fused-ring (bicyclic) bond motifs is 4. The molecule has 1 saturated heterocycles. The van der Waals surface area contributed by atoms with Gasteiger partial charge in [-0.3, -0.25) is 0 Å². The first-order valence-corrected chi connectivity index (χ1v) is 13.1. The summed E-state index contributed by atoms with van der Waals surface area (Å²) < 4.78 is 29.0. The topological polar surface area (TPSA) is 81.4 Å². The van der Waals surface area contributed by atoms with Crippen LogP contribution >= 0.6 is 0 Å². The van der Waals surface area contributed by atoms with Gasteiger partial charge in [0.25, 0.3) is 0 Å². The lowest BCUT2D eigenvalue weighted by Gasteiger charge is -2.48. The van der Waals surface area contributed by atoms with Crippen LogP contribution in [0.15, 0.2) is 30.3 Å². The second kappa shape index (κ2) is 6.66. The van der Waals surface area contributed by atoms with Crippen molar-refractivity contribution in [3.05, 3.63) is 41.5 Å². The largest absolute Gasteiger partial charge is 0.388 e. The van der Waals surface area contributed by atoms with Gasteiger partial charge in [0.2, 0.25) is 10.0 Å². The molecule has 5 rings (SSSR count). The molecule has 5 nitrogen and oxygen atoms in total. The van der Waals surface area contributed by atoms with E-state index in [0.29, 0.717) is 25.9 Å². The highest BCUT2D eigenvalue weighted by Crippen LogP contribution is 2.71. The first-order valence-electron chi connectivity index (χ1n) is 11.5. The zero-order chi connectivity index (χ0) is 22.1. The molecule has 4 aliphatic rings. The minimum atomic E-state index is -3.55. The Hall–Kier alpha value is -1.68. The van der Waals surface area contributed by atoms with Gasteiger partial charge >= 0.3 is 0 Å². The Morgan fingerprint density at radius 3 is 2.58 bits per heavy atom. The molecule has 3 atom stereocenters. The molecule has 1 aromatic carbocycles. The molecule has 1 N–H and O–H groups in total. The number of hydrogen-bond donors (Lipinski definition) is 1. The van der Waals surface area contributed by atoms with Gasteiger partial charge in [-0.25, -0.2) is 12.7 Å². The first-order chi connectivity index (χ1) is 14.6. The van der Waals surface area contributed by atoms with E-state index in [9.17, 15) is 18.8 Å². The van der Waals surface area contributed by atoms with Gasteiger partial charge in [-0.1, -0.05) is 50.3 Å². The second-order valence-corrected chi connectivity index (χ2v) is 12.8. The Morgan fingerprint density at radius 2 is 1.90 bits per heavy atom. The zero-order valence-electron chi connectivity index (χ0n) is 18.5. The monoisotopic (exact) mass is 440 g/mol. The van der Waals surface area contributed by atoms with Crippen molar-refractivity contribution in [3.63, 3.8) is 0 Å². The molecule has 1 aromatic rings. The summed E-state index contributed by atoms with van der Waals surface area (Å²) in [5.74, 6) is 0.215. The molecule has 6 heteroatoms. The van der Waals surface area contributed by atoms with Crippen LogP contribution in [0.25, 0.3) is 6.08 Å². The third kappa shape index (κ3) is 2.76. The van der Waals surface area contributed by atoms with Gasteiger partial charge in [-0.15, -0.1) is 0 Å². The number of piperidine rings is 1. The number of hydrogen-bond acceptors (Lipinski definition) is 4. The smallest absolute Gasteiger partial charge is 0.214 e. The summed E-state index contributed by atoms with van der Waals surface area (Å²) in [4.78, 5) is 0. The van der Waals surface area contributed by atoms with Crippen molar-refractivity contribution in [1.29, 1.82) is 5.26 Å². The maximum atomic E-state index is 13.7. The van der Waals surface area contributed by atoms with Crippen LogP contribution in [0.1, 0.15) is 63.5 Å². The molecular formula is C25H32N2O3S. The van der Waals surface area contributed by atoms with Crippen molar-refractivity contribution in [2.24, 2.45) is 16.7 Å². The maximum absolute atomic E-state index is 13.7. The molecule has 0 amide bonds. The highest BCUT2D eigenvalue weighted by atomic mass is 32.2. The zero-order valence-corrected chi connectivity index (χ0v) is 19.3. The molecule has 1 heterocycles. The van der Waals surface area contributed by atoms with Crippen molar-refractivity contribution in [3.8, 4) is 6.07 Å². The molecule has 31 heavy (non-hydrogen) atoms. The fourth-order valence-electron chi connectivity index (χ4n) is 7.49. The Labute approximate surface area is 185 Å². The molecule has 0 radical (unpaired) electrons. The van der Waals surface area contributed by atoms with Crippen molar-refractivity contribution >= 4 is 16.1 Å². The lowest BCUT2D eigenvalue weighted by molar-refractivity contribution is -0.0837. The van der Waals surface area contributed by atoms with Crippen LogP contribution in [-0.4, -0.2) is 42.3 Å². The van der Waals surface area contributed by atoms with Gasteiger partial charge in [0.1, 0.15) is 0 Å². The lowest BCUT2D eigenvalue weighted by atomic mass is 9.63. The van der Waals surface area contributed by atoms with Crippen LogP contribution in [0.2, 0.25) is 0 Å². The van der Waals surface area contributed by atoms with Gasteiger partial charge in [0, 0.05) is 23.9 Å². The van der Waals surface area contributed by atoms with Crippen molar-refractivity contribution < 1.29 is 13.5 Å². The molecule has 2 bridgehead atoms. The van der Waals surface area contributed by atoms with E-state index in [0.717, 1.165) is 19.3 Å². The van der Waals surface area contributed by atoms with Crippen LogP contribution in [0.4, 0.5) is 0 Å². The number of allylic oxidation sites excluding steroid dienone is 1. The fourth-order valence-corrected chi connectivity index (χ4v) is 9.82. The van der Waals surface area contributed by atoms with Crippen LogP contribution < -0.4 is 0 Å². The molecule has 3 aliphatic carbocycles. The van der Waals surface area contributed by atoms with Gasteiger partial charge in [0.15, 0.2) is 0 Å². The van der Waals surface area contributed by atoms with Crippen LogP contribution in [-0.2, 0) is 15.4 Å². The average molecular weight is 441 g/mol. The Bertz CT molecular complexity index is 1080. The minimum absolute atomic E-state index is 0.00708. The highest BCUT2D eigenvalue weighted by Gasteiger charge is 2.71. The predicted molar refractivity (Wildman–Crippen MR) is 120 cm³/mol. The number of benzene rings is 1. The fraction of sp³-hybridized carbons (Fsp3) is 0.640. The van der Waals surface area contributed by atoms with Crippen LogP contribution in [0.3, 0.4) is 0 Å². The summed E-state index contributed by atoms with van der Waals surface area (Å²) in [6.45, 7) is 5.19. The summed E-state index contributed by atoms with van der Waals surface area (Å²) in [5.41, 5.74) is 0.219. The number of rotatable bonds is 4. The van der Waals surface area contributed by atoms with E-state index in [4.69, 9.17) is 0 Å². The molecular weight excluding hydrogens is 408 g/mol. The maximum Gasteiger partial charge on any atom is 0.214 e. The number of aliphatic hydroxyl groups is 1. The van der Waals surface area contributed by atoms with Crippen LogP contribution in [0.5, 0.6) is 0 Å². The van der Waals surface area contributed by atoms with Crippen LogP contribution in [0, 0.1) is 28.1 Å². The Kier molecular flexibility index (Phi) is 4.55.